The van der Waals surface area contributed by atoms with Crippen molar-refractivity contribution in [1.29, 1.82) is 0 Å². The standard InChI is InChI=1S/C25H25N3O3/c1-18(29)28(2)17-22-10-6-7-11-23(22)27-24(30)16-26-25(31)21-14-12-20(13-15-21)19-8-4-3-5-9-19/h3-15H,16-17H2,1-2H3,(H,26,31)(H,27,30). The second-order valence-electron chi connectivity index (χ2n) is 7.21. The Labute approximate surface area is 181 Å². The van der Waals surface area contributed by atoms with Gasteiger partial charge in [0.05, 0.1) is 6.54 Å². The first kappa shape index (κ1) is 21.8. The van der Waals surface area contributed by atoms with Crippen molar-refractivity contribution in [3.8, 4) is 11.1 Å². The lowest BCUT2D eigenvalue weighted by Crippen LogP contribution is -2.33. The number of benzene rings is 3. The molecule has 6 nitrogen and oxygen atoms in total. The quantitative estimate of drug-likeness (QED) is 0.618. The van der Waals surface area contributed by atoms with Gasteiger partial charge in [0, 0.05) is 31.8 Å². The van der Waals surface area contributed by atoms with Crippen LogP contribution in [0, 0.1) is 0 Å². The van der Waals surface area contributed by atoms with Gasteiger partial charge in [0.25, 0.3) is 5.91 Å². The zero-order chi connectivity index (χ0) is 22.2. The molecule has 158 valence electrons. The molecule has 0 aliphatic heterocycles. The highest BCUT2D eigenvalue weighted by Gasteiger charge is 2.12. The maximum Gasteiger partial charge on any atom is 0.251 e. The van der Waals surface area contributed by atoms with E-state index in [0.29, 0.717) is 17.8 Å². The largest absolute Gasteiger partial charge is 0.343 e. The van der Waals surface area contributed by atoms with Gasteiger partial charge < -0.3 is 15.5 Å². The minimum Gasteiger partial charge on any atom is -0.343 e. The molecule has 3 rings (SSSR count). The summed E-state index contributed by atoms with van der Waals surface area (Å²) >= 11 is 0. The molecule has 2 N–H and O–H groups in total. The molecule has 0 atom stereocenters. The van der Waals surface area contributed by atoms with E-state index < -0.39 is 0 Å². The summed E-state index contributed by atoms with van der Waals surface area (Å²) < 4.78 is 0. The van der Waals surface area contributed by atoms with Gasteiger partial charge in [-0.15, -0.1) is 0 Å². The molecule has 0 aliphatic rings. The van der Waals surface area contributed by atoms with Crippen LogP contribution in [-0.2, 0) is 16.1 Å². The highest BCUT2D eigenvalue weighted by molar-refractivity contribution is 5.99. The van der Waals surface area contributed by atoms with Crippen molar-refractivity contribution >= 4 is 23.4 Å². The Morgan fingerprint density at radius 3 is 2.10 bits per heavy atom. The molecule has 31 heavy (non-hydrogen) atoms. The van der Waals surface area contributed by atoms with Crippen LogP contribution in [0.3, 0.4) is 0 Å². The lowest BCUT2D eigenvalue weighted by atomic mass is 10.0. The minimum atomic E-state index is -0.341. The molecule has 3 aromatic rings. The number of nitrogens with zero attached hydrogens (tertiary/aromatic N) is 1. The number of carbonyl (C=O) groups excluding carboxylic acids is 3. The van der Waals surface area contributed by atoms with Crippen molar-refractivity contribution in [2.45, 2.75) is 13.5 Å². The van der Waals surface area contributed by atoms with E-state index in [9.17, 15) is 14.4 Å². The highest BCUT2D eigenvalue weighted by atomic mass is 16.2. The molecule has 3 aromatic carbocycles. The van der Waals surface area contributed by atoms with Gasteiger partial charge in [-0.3, -0.25) is 14.4 Å². The fourth-order valence-electron chi connectivity index (χ4n) is 3.05. The van der Waals surface area contributed by atoms with E-state index in [1.807, 2.05) is 54.6 Å². The number of hydrogen-bond donors (Lipinski definition) is 2. The summed E-state index contributed by atoms with van der Waals surface area (Å²) in [5.74, 6) is -0.724. The Morgan fingerprint density at radius 1 is 0.806 bits per heavy atom. The summed E-state index contributed by atoms with van der Waals surface area (Å²) in [6, 6.07) is 24.4. The molecule has 0 heterocycles. The van der Waals surface area contributed by atoms with Crippen LogP contribution in [-0.4, -0.2) is 36.2 Å². The number of para-hydroxylation sites is 1. The molecule has 6 heteroatoms. The second-order valence-corrected chi connectivity index (χ2v) is 7.21. The molecule has 0 radical (unpaired) electrons. The third-order valence-electron chi connectivity index (χ3n) is 4.90. The zero-order valence-electron chi connectivity index (χ0n) is 17.6. The van der Waals surface area contributed by atoms with Crippen molar-refractivity contribution in [2.75, 3.05) is 18.9 Å². The number of hydrogen-bond acceptors (Lipinski definition) is 3. The van der Waals surface area contributed by atoms with Crippen molar-refractivity contribution in [3.05, 3.63) is 90.0 Å². The van der Waals surface area contributed by atoms with Crippen molar-refractivity contribution < 1.29 is 14.4 Å². The van der Waals surface area contributed by atoms with E-state index in [-0.39, 0.29) is 24.3 Å². The Bertz CT molecular complexity index is 1060. The van der Waals surface area contributed by atoms with Crippen molar-refractivity contribution in [2.24, 2.45) is 0 Å². The normalized spacial score (nSPS) is 10.3. The first-order valence-electron chi connectivity index (χ1n) is 9.97. The van der Waals surface area contributed by atoms with Crippen molar-refractivity contribution in [1.82, 2.24) is 10.2 Å². The van der Waals surface area contributed by atoms with E-state index in [4.69, 9.17) is 0 Å². The number of amides is 3. The third-order valence-corrected chi connectivity index (χ3v) is 4.90. The molecule has 0 bridgehead atoms. The third kappa shape index (κ3) is 6.02. The molecular weight excluding hydrogens is 390 g/mol. The van der Waals surface area contributed by atoms with Gasteiger partial charge in [0.2, 0.25) is 11.8 Å². The summed E-state index contributed by atoms with van der Waals surface area (Å²) in [7, 11) is 1.70. The number of nitrogens with one attached hydrogen (secondary N) is 2. The van der Waals surface area contributed by atoms with Gasteiger partial charge in [0.1, 0.15) is 0 Å². The van der Waals surface area contributed by atoms with Crippen LogP contribution in [0.4, 0.5) is 5.69 Å². The Morgan fingerprint density at radius 2 is 1.42 bits per heavy atom. The summed E-state index contributed by atoms with van der Waals surface area (Å²) in [6.07, 6.45) is 0. The summed E-state index contributed by atoms with van der Waals surface area (Å²) in [5, 5.41) is 5.44. The molecule has 0 unspecified atom stereocenters. The van der Waals surface area contributed by atoms with Gasteiger partial charge >= 0.3 is 0 Å². The maximum atomic E-state index is 12.4. The number of carbonyl (C=O) groups is 3. The zero-order valence-corrected chi connectivity index (χ0v) is 17.6. The minimum absolute atomic E-state index is 0.0633. The molecular formula is C25H25N3O3. The Hall–Kier alpha value is -3.93. The molecule has 0 saturated heterocycles. The SMILES string of the molecule is CC(=O)N(C)Cc1ccccc1NC(=O)CNC(=O)c1ccc(-c2ccccc2)cc1. The summed E-state index contributed by atoms with van der Waals surface area (Å²) in [4.78, 5) is 37.8. The summed E-state index contributed by atoms with van der Waals surface area (Å²) in [6.45, 7) is 1.71. The van der Waals surface area contributed by atoms with Crippen LogP contribution in [0.1, 0.15) is 22.8 Å². The fourth-order valence-corrected chi connectivity index (χ4v) is 3.05. The van der Waals surface area contributed by atoms with E-state index in [2.05, 4.69) is 10.6 Å². The van der Waals surface area contributed by atoms with Crippen LogP contribution in [0.25, 0.3) is 11.1 Å². The first-order valence-corrected chi connectivity index (χ1v) is 9.97. The van der Waals surface area contributed by atoms with Crippen LogP contribution >= 0.6 is 0 Å². The Balaban J connectivity index is 1.56. The number of anilines is 1. The molecule has 0 spiro atoms. The average Bonchev–Trinajstić information content (AvgIpc) is 2.79. The van der Waals surface area contributed by atoms with Gasteiger partial charge in [-0.2, -0.15) is 0 Å². The van der Waals surface area contributed by atoms with E-state index in [1.54, 1.807) is 36.2 Å². The number of rotatable bonds is 7. The summed E-state index contributed by atoms with van der Waals surface area (Å²) in [5.41, 5.74) is 4.00. The van der Waals surface area contributed by atoms with E-state index in [1.165, 1.54) is 6.92 Å². The lowest BCUT2D eigenvalue weighted by molar-refractivity contribution is -0.128. The van der Waals surface area contributed by atoms with Crippen LogP contribution in [0.15, 0.2) is 78.9 Å². The molecule has 0 saturated carbocycles. The van der Waals surface area contributed by atoms with Gasteiger partial charge in [-0.25, -0.2) is 0 Å². The fraction of sp³-hybridized carbons (Fsp3) is 0.160. The predicted molar refractivity (Wildman–Crippen MR) is 121 cm³/mol. The first-order chi connectivity index (χ1) is 14.9. The predicted octanol–water partition coefficient (Wildman–Crippen LogP) is 3.70. The lowest BCUT2D eigenvalue weighted by Gasteiger charge is -2.18. The van der Waals surface area contributed by atoms with Gasteiger partial charge in [-0.1, -0.05) is 60.7 Å². The maximum absolute atomic E-state index is 12.4. The van der Waals surface area contributed by atoms with E-state index in [0.717, 1.165) is 16.7 Å². The smallest absolute Gasteiger partial charge is 0.251 e. The second kappa shape index (κ2) is 10.2. The molecule has 3 amide bonds. The van der Waals surface area contributed by atoms with Crippen LogP contribution in [0.2, 0.25) is 0 Å². The Kier molecular flexibility index (Phi) is 7.17. The van der Waals surface area contributed by atoms with Gasteiger partial charge in [-0.05, 0) is 34.9 Å². The van der Waals surface area contributed by atoms with Crippen LogP contribution < -0.4 is 10.6 Å². The topological polar surface area (TPSA) is 78.5 Å². The van der Waals surface area contributed by atoms with Gasteiger partial charge in [0.15, 0.2) is 0 Å². The van der Waals surface area contributed by atoms with E-state index >= 15 is 0 Å². The highest BCUT2D eigenvalue weighted by Crippen LogP contribution is 2.19. The molecule has 0 fully saturated rings. The van der Waals surface area contributed by atoms with Crippen LogP contribution in [0.5, 0.6) is 0 Å². The van der Waals surface area contributed by atoms with Crippen molar-refractivity contribution in [3.63, 3.8) is 0 Å². The average molecular weight is 415 g/mol. The monoisotopic (exact) mass is 415 g/mol. The molecule has 0 aliphatic carbocycles. The molecule has 0 aromatic heterocycles.